The van der Waals surface area contributed by atoms with Crippen LogP contribution in [0.25, 0.3) is 16.9 Å². The van der Waals surface area contributed by atoms with Gasteiger partial charge in [-0.1, -0.05) is 54.6 Å². The third-order valence-corrected chi connectivity index (χ3v) is 6.45. The number of hydrogen-bond donors (Lipinski definition) is 1. The Morgan fingerprint density at radius 2 is 1.73 bits per heavy atom. The van der Waals surface area contributed by atoms with Gasteiger partial charge in [0.1, 0.15) is 6.54 Å². The predicted octanol–water partition coefficient (Wildman–Crippen LogP) is 5.09. The molecule has 2 heterocycles. The first-order valence-corrected chi connectivity index (χ1v) is 11.9. The van der Waals surface area contributed by atoms with Crippen LogP contribution in [0.2, 0.25) is 0 Å². The number of amides is 2. The van der Waals surface area contributed by atoms with Crippen molar-refractivity contribution in [3.05, 3.63) is 89.3 Å². The number of thiophene rings is 1. The van der Waals surface area contributed by atoms with E-state index in [2.05, 4.69) is 5.32 Å². The number of nitrogens with zero attached hydrogens (tertiary/aromatic N) is 3. The third kappa shape index (κ3) is 5.04. The minimum Gasteiger partial charge on any atom is -0.328 e. The van der Waals surface area contributed by atoms with Crippen LogP contribution in [0.3, 0.4) is 0 Å². The summed E-state index contributed by atoms with van der Waals surface area (Å²) in [5.74, 6) is 0.559. The second-order valence-corrected chi connectivity index (χ2v) is 9.12. The molecule has 5 rings (SSSR count). The Labute approximate surface area is 196 Å². The predicted molar refractivity (Wildman–Crippen MR) is 131 cm³/mol. The van der Waals surface area contributed by atoms with Crippen molar-refractivity contribution in [2.45, 2.75) is 12.8 Å². The standard InChI is InChI=1S/C26H24N4O2S/c31-24(18-29(16-19-13-14-19)25(32)23-12-7-15-33-23)28-26-27-22(20-8-3-1-4-9-20)17-30(26)21-10-5-2-6-11-21/h1-12,15,17,19H,13-14,16,18H2,(H,27,28,31). The summed E-state index contributed by atoms with van der Waals surface area (Å²) in [7, 11) is 0. The van der Waals surface area contributed by atoms with Crippen molar-refractivity contribution in [1.29, 1.82) is 0 Å². The Kier molecular flexibility index (Phi) is 6.04. The van der Waals surface area contributed by atoms with E-state index in [0.717, 1.165) is 29.8 Å². The summed E-state index contributed by atoms with van der Waals surface area (Å²) < 4.78 is 1.87. The Balaban J connectivity index is 1.39. The van der Waals surface area contributed by atoms with Crippen molar-refractivity contribution in [2.24, 2.45) is 5.92 Å². The number of para-hydroxylation sites is 1. The van der Waals surface area contributed by atoms with Crippen LogP contribution in [0.4, 0.5) is 5.95 Å². The fourth-order valence-corrected chi connectivity index (χ4v) is 4.42. The lowest BCUT2D eigenvalue weighted by atomic mass is 10.2. The van der Waals surface area contributed by atoms with Crippen molar-refractivity contribution >= 4 is 29.1 Å². The van der Waals surface area contributed by atoms with E-state index in [1.54, 1.807) is 11.0 Å². The van der Waals surface area contributed by atoms with Crippen LogP contribution in [0.5, 0.6) is 0 Å². The highest BCUT2D eigenvalue weighted by Crippen LogP contribution is 2.30. The fraction of sp³-hybridized carbons (Fsp3) is 0.192. The summed E-state index contributed by atoms with van der Waals surface area (Å²) >= 11 is 1.40. The van der Waals surface area contributed by atoms with Crippen LogP contribution in [-0.4, -0.2) is 39.4 Å². The number of benzene rings is 2. The molecule has 4 aromatic rings. The van der Waals surface area contributed by atoms with Gasteiger partial charge in [-0.05, 0) is 42.3 Å². The number of anilines is 1. The van der Waals surface area contributed by atoms with Crippen LogP contribution < -0.4 is 5.32 Å². The molecule has 0 unspecified atom stereocenters. The first-order chi connectivity index (χ1) is 16.2. The molecule has 0 aliphatic heterocycles. The minimum absolute atomic E-state index is 0.00441. The van der Waals surface area contributed by atoms with Crippen molar-refractivity contribution in [3.63, 3.8) is 0 Å². The van der Waals surface area contributed by atoms with Gasteiger partial charge < -0.3 is 4.90 Å². The van der Waals surface area contributed by atoms with Crippen LogP contribution in [0, 0.1) is 5.92 Å². The Bertz CT molecular complexity index is 1230. The minimum atomic E-state index is -0.261. The second kappa shape index (κ2) is 9.42. The lowest BCUT2D eigenvalue weighted by molar-refractivity contribution is -0.117. The topological polar surface area (TPSA) is 67.2 Å². The number of carbonyl (C=O) groups is 2. The zero-order chi connectivity index (χ0) is 22.6. The Morgan fingerprint density at radius 1 is 1.00 bits per heavy atom. The zero-order valence-corrected chi connectivity index (χ0v) is 18.9. The van der Waals surface area contributed by atoms with Gasteiger partial charge in [-0.25, -0.2) is 4.98 Å². The maximum absolute atomic E-state index is 13.1. The summed E-state index contributed by atoms with van der Waals surface area (Å²) in [5, 5.41) is 4.83. The molecule has 1 N–H and O–H groups in total. The van der Waals surface area contributed by atoms with Gasteiger partial charge in [0.05, 0.1) is 10.6 Å². The quantitative estimate of drug-likeness (QED) is 0.402. The second-order valence-electron chi connectivity index (χ2n) is 8.18. The summed E-state index contributed by atoms with van der Waals surface area (Å²) in [6, 6.07) is 23.3. The maximum Gasteiger partial charge on any atom is 0.264 e. The van der Waals surface area contributed by atoms with Crippen LogP contribution >= 0.6 is 11.3 Å². The van der Waals surface area contributed by atoms with E-state index in [0.29, 0.717) is 23.3 Å². The van der Waals surface area contributed by atoms with Gasteiger partial charge in [-0.3, -0.25) is 19.5 Å². The number of imidazole rings is 1. The molecule has 6 nitrogen and oxygen atoms in total. The molecule has 0 spiro atoms. The van der Waals surface area contributed by atoms with Gasteiger partial charge >= 0.3 is 0 Å². The molecular formula is C26H24N4O2S. The molecule has 33 heavy (non-hydrogen) atoms. The molecule has 0 atom stereocenters. The molecular weight excluding hydrogens is 432 g/mol. The SMILES string of the molecule is O=C(CN(CC1CC1)C(=O)c1cccs1)Nc1nc(-c2ccccc2)cn1-c1ccccc1. The third-order valence-electron chi connectivity index (χ3n) is 5.59. The van der Waals surface area contributed by atoms with E-state index in [9.17, 15) is 9.59 Å². The van der Waals surface area contributed by atoms with Crippen molar-refractivity contribution in [1.82, 2.24) is 14.5 Å². The average molecular weight is 457 g/mol. The van der Waals surface area contributed by atoms with E-state index >= 15 is 0 Å². The van der Waals surface area contributed by atoms with Crippen LogP contribution in [-0.2, 0) is 4.79 Å². The van der Waals surface area contributed by atoms with Gasteiger partial charge in [-0.15, -0.1) is 11.3 Å². The lowest BCUT2D eigenvalue weighted by Crippen LogP contribution is -2.39. The molecule has 2 aromatic heterocycles. The first-order valence-electron chi connectivity index (χ1n) is 11.0. The van der Waals surface area contributed by atoms with Gasteiger partial charge in [-0.2, -0.15) is 0 Å². The molecule has 0 bridgehead atoms. The van der Waals surface area contributed by atoms with Crippen molar-refractivity contribution in [2.75, 3.05) is 18.4 Å². The van der Waals surface area contributed by atoms with E-state index in [-0.39, 0.29) is 18.4 Å². The van der Waals surface area contributed by atoms with E-state index in [1.165, 1.54) is 11.3 Å². The number of rotatable bonds is 8. The number of aromatic nitrogens is 2. The molecule has 0 radical (unpaired) electrons. The normalized spacial score (nSPS) is 13.0. The number of carbonyl (C=O) groups excluding carboxylic acids is 2. The fourth-order valence-electron chi connectivity index (χ4n) is 3.73. The Hall–Kier alpha value is -3.71. The van der Waals surface area contributed by atoms with E-state index in [4.69, 9.17) is 4.98 Å². The molecule has 2 aromatic carbocycles. The Morgan fingerprint density at radius 3 is 2.39 bits per heavy atom. The van der Waals surface area contributed by atoms with Crippen molar-refractivity contribution < 1.29 is 9.59 Å². The van der Waals surface area contributed by atoms with Gasteiger partial charge in [0.2, 0.25) is 11.9 Å². The summed E-state index contributed by atoms with van der Waals surface area (Å²) in [4.78, 5) is 33.1. The largest absolute Gasteiger partial charge is 0.328 e. The molecule has 7 heteroatoms. The highest BCUT2D eigenvalue weighted by Gasteiger charge is 2.29. The van der Waals surface area contributed by atoms with Gasteiger partial charge in [0.25, 0.3) is 5.91 Å². The zero-order valence-electron chi connectivity index (χ0n) is 18.1. The average Bonchev–Trinajstić information content (AvgIpc) is 3.32. The molecule has 166 valence electrons. The maximum atomic E-state index is 13.1. The molecule has 0 saturated heterocycles. The van der Waals surface area contributed by atoms with E-state index in [1.807, 2.05) is 82.9 Å². The summed E-state index contributed by atoms with van der Waals surface area (Å²) in [5.41, 5.74) is 2.62. The number of hydrogen-bond acceptors (Lipinski definition) is 4. The molecule has 2 amide bonds. The van der Waals surface area contributed by atoms with Gasteiger partial charge in [0, 0.05) is 24.0 Å². The van der Waals surface area contributed by atoms with Gasteiger partial charge in [0.15, 0.2) is 0 Å². The molecule has 1 fully saturated rings. The smallest absolute Gasteiger partial charge is 0.264 e. The monoisotopic (exact) mass is 456 g/mol. The summed E-state index contributed by atoms with van der Waals surface area (Å²) in [6.07, 6.45) is 4.13. The number of nitrogens with one attached hydrogen (secondary N) is 1. The summed E-state index contributed by atoms with van der Waals surface area (Å²) in [6.45, 7) is 0.599. The highest BCUT2D eigenvalue weighted by molar-refractivity contribution is 7.12. The van der Waals surface area contributed by atoms with Crippen LogP contribution in [0.15, 0.2) is 84.4 Å². The molecule has 1 aliphatic carbocycles. The molecule has 1 aliphatic rings. The van der Waals surface area contributed by atoms with E-state index < -0.39 is 0 Å². The lowest BCUT2D eigenvalue weighted by Gasteiger charge is -2.21. The van der Waals surface area contributed by atoms with Crippen LogP contribution in [0.1, 0.15) is 22.5 Å². The highest BCUT2D eigenvalue weighted by atomic mass is 32.1. The van der Waals surface area contributed by atoms with Crippen molar-refractivity contribution in [3.8, 4) is 16.9 Å². The first kappa shape index (κ1) is 21.2. The molecule has 1 saturated carbocycles.